The molecule has 0 saturated carbocycles. The highest BCUT2D eigenvalue weighted by Crippen LogP contribution is 2.11. The molecule has 1 atom stereocenters. The van der Waals surface area contributed by atoms with E-state index in [2.05, 4.69) is 0 Å². The van der Waals surface area contributed by atoms with Crippen molar-refractivity contribution >= 4 is 5.97 Å². The van der Waals surface area contributed by atoms with Crippen LogP contribution in [0.3, 0.4) is 0 Å². The van der Waals surface area contributed by atoms with Gasteiger partial charge in [0.1, 0.15) is 5.82 Å². The summed E-state index contributed by atoms with van der Waals surface area (Å²) in [7, 11) is 1.76. The van der Waals surface area contributed by atoms with E-state index in [1.54, 1.807) is 24.9 Å². The standard InChI is InChI=1S/C13H15FN2O2/c1-9(13(17)18)7-16(2)8-11-3-10(6-15)4-12(14)5-11/h3-5,9H,7-8H2,1-2H3,(H,17,18). The van der Waals surface area contributed by atoms with Crippen LogP contribution in [0.2, 0.25) is 0 Å². The van der Waals surface area contributed by atoms with Crippen LogP contribution in [0.1, 0.15) is 18.1 Å². The lowest BCUT2D eigenvalue weighted by molar-refractivity contribution is -0.141. The second-order valence-corrected chi connectivity index (χ2v) is 4.40. The number of carbonyl (C=O) groups is 1. The minimum atomic E-state index is -0.862. The summed E-state index contributed by atoms with van der Waals surface area (Å²) in [6, 6.07) is 6.01. The van der Waals surface area contributed by atoms with E-state index in [9.17, 15) is 9.18 Å². The number of hydrogen-bond acceptors (Lipinski definition) is 3. The molecular weight excluding hydrogens is 235 g/mol. The summed E-state index contributed by atoms with van der Waals surface area (Å²) in [5.41, 5.74) is 0.927. The first-order chi connectivity index (χ1) is 8.42. The first-order valence-corrected chi connectivity index (χ1v) is 5.53. The molecule has 0 aliphatic heterocycles. The van der Waals surface area contributed by atoms with Crippen LogP contribution < -0.4 is 0 Å². The smallest absolute Gasteiger partial charge is 0.307 e. The van der Waals surface area contributed by atoms with Crippen molar-refractivity contribution in [3.05, 3.63) is 35.1 Å². The molecule has 1 aromatic rings. The third kappa shape index (κ3) is 4.15. The third-order valence-electron chi connectivity index (χ3n) is 2.55. The molecule has 1 rings (SSSR count). The van der Waals surface area contributed by atoms with Gasteiger partial charge in [0.25, 0.3) is 0 Å². The molecule has 0 amide bonds. The molecule has 5 heteroatoms. The van der Waals surface area contributed by atoms with Crippen LogP contribution in [-0.4, -0.2) is 29.6 Å². The molecule has 18 heavy (non-hydrogen) atoms. The summed E-state index contributed by atoms with van der Waals surface area (Å²) in [4.78, 5) is 12.5. The minimum Gasteiger partial charge on any atom is -0.481 e. The van der Waals surface area contributed by atoms with E-state index in [1.807, 2.05) is 6.07 Å². The Morgan fingerprint density at radius 2 is 2.22 bits per heavy atom. The number of halogens is 1. The first-order valence-electron chi connectivity index (χ1n) is 5.53. The van der Waals surface area contributed by atoms with Gasteiger partial charge in [-0.05, 0) is 30.8 Å². The SMILES string of the molecule is CC(CN(C)Cc1cc(F)cc(C#N)c1)C(=O)O. The van der Waals surface area contributed by atoms with Gasteiger partial charge in [-0.1, -0.05) is 6.92 Å². The second kappa shape index (κ2) is 6.12. The zero-order valence-corrected chi connectivity index (χ0v) is 10.4. The van der Waals surface area contributed by atoms with Gasteiger partial charge in [-0.25, -0.2) is 4.39 Å². The van der Waals surface area contributed by atoms with Gasteiger partial charge >= 0.3 is 5.97 Å². The van der Waals surface area contributed by atoms with E-state index in [-0.39, 0.29) is 5.56 Å². The molecule has 0 heterocycles. The molecule has 1 N–H and O–H groups in total. The van der Waals surface area contributed by atoms with Gasteiger partial charge < -0.3 is 10.0 Å². The Hall–Kier alpha value is -1.93. The maximum atomic E-state index is 13.2. The topological polar surface area (TPSA) is 64.3 Å². The van der Waals surface area contributed by atoms with Gasteiger partial charge in [0.05, 0.1) is 17.6 Å². The number of carboxylic acid groups (broad SMARTS) is 1. The predicted molar refractivity (Wildman–Crippen MR) is 64.2 cm³/mol. The fourth-order valence-electron chi connectivity index (χ4n) is 1.73. The fourth-order valence-corrected chi connectivity index (χ4v) is 1.73. The Morgan fingerprint density at radius 1 is 1.56 bits per heavy atom. The molecular formula is C13H15FN2O2. The molecule has 0 radical (unpaired) electrons. The van der Waals surface area contributed by atoms with Crippen molar-refractivity contribution < 1.29 is 14.3 Å². The van der Waals surface area contributed by atoms with E-state index in [1.165, 1.54) is 12.1 Å². The quantitative estimate of drug-likeness (QED) is 0.866. The minimum absolute atomic E-state index is 0.268. The van der Waals surface area contributed by atoms with Crippen LogP contribution in [0.15, 0.2) is 18.2 Å². The molecule has 0 aliphatic rings. The van der Waals surface area contributed by atoms with Crippen molar-refractivity contribution in [3.8, 4) is 6.07 Å². The number of nitriles is 1. The van der Waals surface area contributed by atoms with E-state index >= 15 is 0 Å². The van der Waals surface area contributed by atoms with Crippen LogP contribution in [0.4, 0.5) is 4.39 Å². The molecule has 0 spiro atoms. The number of aliphatic carboxylic acids is 1. The Morgan fingerprint density at radius 3 is 2.78 bits per heavy atom. The number of benzene rings is 1. The lowest BCUT2D eigenvalue weighted by Gasteiger charge is -2.19. The van der Waals surface area contributed by atoms with Crippen LogP contribution in [0, 0.1) is 23.1 Å². The lowest BCUT2D eigenvalue weighted by Crippen LogP contribution is -2.28. The zero-order valence-electron chi connectivity index (χ0n) is 10.4. The van der Waals surface area contributed by atoms with Gasteiger partial charge in [0.15, 0.2) is 0 Å². The van der Waals surface area contributed by atoms with Crippen LogP contribution >= 0.6 is 0 Å². The summed E-state index contributed by atoms with van der Waals surface area (Å²) >= 11 is 0. The second-order valence-electron chi connectivity index (χ2n) is 4.40. The summed E-state index contributed by atoms with van der Waals surface area (Å²) in [6.45, 7) is 2.39. The Labute approximate surface area is 105 Å². The Balaban J connectivity index is 2.70. The Bertz CT molecular complexity index is 482. The largest absolute Gasteiger partial charge is 0.481 e. The average molecular weight is 250 g/mol. The van der Waals surface area contributed by atoms with Crippen molar-refractivity contribution in [2.75, 3.05) is 13.6 Å². The molecule has 0 aromatic heterocycles. The van der Waals surface area contributed by atoms with Gasteiger partial charge in [-0.3, -0.25) is 4.79 Å². The van der Waals surface area contributed by atoms with Crippen LogP contribution in [0.5, 0.6) is 0 Å². The average Bonchev–Trinajstić information content (AvgIpc) is 2.27. The maximum absolute atomic E-state index is 13.2. The van der Waals surface area contributed by atoms with Gasteiger partial charge in [0, 0.05) is 13.1 Å². The zero-order chi connectivity index (χ0) is 13.7. The maximum Gasteiger partial charge on any atom is 0.307 e. The normalized spacial score (nSPS) is 12.2. The number of carboxylic acids is 1. The molecule has 0 bridgehead atoms. The molecule has 4 nitrogen and oxygen atoms in total. The van der Waals surface area contributed by atoms with Gasteiger partial charge in [0.2, 0.25) is 0 Å². The molecule has 1 unspecified atom stereocenters. The van der Waals surface area contributed by atoms with E-state index in [4.69, 9.17) is 10.4 Å². The van der Waals surface area contributed by atoms with Crippen molar-refractivity contribution in [1.29, 1.82) is 5.26 Å². The van der Waals surface area contributed by atoms with Crippen LogP contribution in [-0.2, 0) is 11.3 Å². The van der Waals surface area contributed by atoms with Gasteiger partial charge in [-0.2, -0.15) is 5.26 Å². The molecule has 1 aromatic carbocycles. The number of hydrogen-bond donors (Lipinski definition) is 1. The molecule has 0 aliphatic carbocycles. The highest BCUT2D eigenvalue weighted by Gasteiger charge is 2.14. The highest BCUT2D eigenvalue weighted by atomic mass is 19.1. The summed E-state index contributed by atoms with van der Waals surface area (Å²) in [6.07, 6.45) is 0. The summed E-state index contributed by atoms with van der Waals surface area (Å²) in [5.74, 6) is -1.80. The third-order valence-corrected chi connectivity index (χ3v) is 2.55. The van der Waals surface area contributed by atoms with Crippen molar-refractivity contribution in [2.24, 2.45) is 5.92 Å². The van der Waals surface area contributed by atoms with E-state index < -0.39 is 17.7 Å². The number of nitrogens with zero attached hydrogens (tertiary/aromatic N) is 2. The molecule has 96 valence electrons. The fraction of sp³-hybridized carbons (Fsp3) is 0.385. The van der Waals surface area contributed by atoms with Crippen LogP contribution in [0.25, 0.3) is 0 Å². The molecule has 0 fully saturated rings. The number of rotatable bonds is 5. The van der Waals surface area contributed by atoms with E-state index in [0.717, 1.165) is 0 Å². The monoisotopic (exact) mass is 250 g/mol. The van der Waals surface area contributed by atoms with Crippen molar-refractivity contribution in [3.63, 3.8) is 0 Å². The summed E-state index contributed by atoms with van der Waals surface area (Å²) in [5, 5.41) is 17.5. The van der Waals surface area contributed by atoms with Crippen molar-refractivity contribution in [2.45, 2.75) is 13.5 Å². The molecule has 0 saturated heterocycles. The Kier molecular flexibility index (Phi) is 4.81. The predicted octanol–water partition coefficient (Wildman–Crippen LogP) is 1.85. The first kappa shape index (κ1) is 14.1. The van der Waals surface area contributed by atoms with E-state index in [0.29, 0.717) is 18.7 Å². The summed E-state index contributed by atoms with van der Waals surface area (Å²) < 4.78 is 13.2. The van der Waals surface area contributed by atoms with Gasteiger partial charge in [-0.15, -0.1) is 0 Å². The van der Waals surface area contributed by atoms with Crippen molar-refractivity contribution in [1.82, 2.24) is 4.90 Å². The lowest BCUT2D eigenvalue weighted by atomic mass is 10.1. The highest BCUT2D eigenvalue weighted by molar-refractivity contribution is 5.69.